The summed E-state index contributed by atoms with van der Waals surface area (Å²) in [5.41, 5.74) is 17.3. The Kier molecular flexibility index (Phi) is 12.4. The van der Waals surface area contributed by atoms with Gasteiger partial charge in [0.2, 0.25) is 0 Å². The number of ketones is 1. The Hall–Kier alpha value is -4.51. The molecule has 9 heteroatoms. The number of Topliss-reactive ketones (excluding diaryl/α,β-unsaturated/α-hetero) is 1. The molecule has 0 fully saturated rings. The minimum absolute atomic E-state index is 0.113. The number of aliphatic hydroxyl groups is 2. The van der Waals surface area contributed by atoms with Crippen molar-refractivity contribution in [1.29, 1.82) is 0 Å². The number of benzene rings is 2. The SMILES string of the molecule is CCCCCC(O)C(CCCCC)C(=O)CCc1ccc2c(c1)OC1C(C#CC(O)c3ccc(C(N)N)cc3Cc3c[nH]c4cn1cc34)CC#CO2. The molecule has 6 rings (SSSR count). The van der Waals surface area contributed by atoms with Crippen molar-refractivity contribution in [2.75, 3.05) is 0 Å². The number of ether oxygens (including phenoxy) is 2. The van der Waals surface area contributed by atoms with Gasteiger partial charge in [-0.15, -0.1) is 0 Å². The molecule has 0 amide bonds. The van der Waals surface area contributed by atoms with Crippen molar-refractivity contribution in [2.45, 2.75) is 115 Å². The molecule has 2 aromatic heterocycles. The van der Waals surface area contributed by atoms with E-state index in [0.717, 1.165) is 78.1 Å². The number of carbonyl (C=O) groups excluding carboxylic acids is 1. The highest BCUT2D eigenvalue weighted by Crippen LogP contribution is 2.37. The quantitative estimate of drug-likeness (QED) is 0.0534. The van der Waals surface area contributed by atoms with E-state index in [9.17, 15) is 15.0 Å². The average Bonchev–Trinajstić information content (AvgIpc) is 3.74. The molecule has 274 valence electrons. The lowest BCUT2D eigenvalue weighted by atomic mass is 9.86. The molecule has 5 atom stereocenters. The number of aromatic amines is 1. The molecule has 52 heavy (non-hydrogen) atoms. The van der Waals surface area contributed by atoms with Crippen LogP contribution in [0.1, 0.15) is 124 Å². The van der Waals surface area contributed by atoms with Crippen LogP contribution in [0.3, 0.4) is 0 Å². The normalized spacial score (nSPS) is 19.0. The number of nitrogens with one attached hydrogen (secondary N) is 1. The fourth-order valence-electron chi connectivity index (χ4n) is 7.37. The number of fused-ring (bicyclic) bond motifs is 5. The Labute approximate surface area is 307 Å². The molecule has 7 N–H and O–H groups in total. The summed E-state index contributed by atoms with van der Waals surface area (Å²) in [5, 5.41) is 23.4. The Balaban J connectivity index is 1.28. The van der Waals surface area contributed by atoms with Gasteiger partial charge in [0.05, 0.1) is 23.7 Å². The summed E-state index contributed by atoms with van der Waals surface area (Å²) in [7, 11) is 0. The number of nitrogens with two attached hydrogens (primary N) is 2. The molecule has 4 aromatic rings. The zero-order valence-corrected chi connectivity index (χ0v) is 30.4. The lowest BCUT2D eigenvalue weighted by molar-refractivity contribution is -0.126. The third kappa shape index (κ3) is 8.74. The first-order valence-corrected chi connectivity index (χ1v) is 18.9. The van der Waals surface area contributed by atoms with Crippen LogP contribution in [0, 0.1) is 35.7 Å². The number of nitrogens with zero attached hydrogens (tertiary/aromatic N) is 1. The van der Waals surface area contributed by atoms with Crippen LogP contribution >= 0.6 is 0 Å². The third-order valence-corrected chi connectivity index (χ3v) is 10.4. The first kappa shape index (κ1) is 37.3. The summed E-state index contributed by atoms with van der Waals surface area (Å²) in [6.45, 7) is 4.29. The Morgan fingerprint density at radius 1 is 1.00 bits per heavy atom. The minimum Gasteiger partial charge on any atom is -0.465 e. The van der Waals surface area contributed by atoms with E-state index >= 15 is 0 Å². The summed E-state index contributed by atoms with van der Waals surface area (Å²) < 4.78 is 14.7. The van der Waals surface area contributed by atoms with E-state index in [0.29, 0.717) is 49.2 Å². The second kappa shape index (κ2) is 17.3. The number of aryl methyl sites for hydroxylation is 1. The number of hydrogen-bond acceptors (Lipinski definition) is 7. The van der Waals surface area contributed by atoms with E-state index < -0.39 is 30.5 Å². The average molecular weight is 705 g/mol. The fraction of sp³-hybridized carbons (Fsp3) is 0.465. The molecule has 2 bridgehead atoms. The van der Waals surface area contributed by atoms with E-state index in [-0.39, 0.29) is 11.7 Å². The van der Waals surface area contributed by atoms with Gasteiger partial charge in [-0.1, -0.05) is 94.4 Å². The number of aliphatic hydroxyl groups excluding tert-OH is 2. The van der Waals surface area contributed by atoms with Crippen LogP contribution in [-0.4, -0.2) is 31.7 Å². The van der Waals surface area contributed by atoms with Crippen LogP contribution in [0.4, 0.5) is 0 Å². The van der Waals surface area contributed by atoms with Crippen molar-refractivity contribution >= 4 is 16.7 Å². The maximum Gasteiger partial charge on any atom is 0.190 e. The maximum absolute atomic E-state index is 13.6. The van der Waals surface area contributed by atoms with Gasteiger partial charge in [0.1, 0.15) is 18.0 Å². The molecule has 5 unspecified atom stereocenters. The molecule has 0 aliphatic carbocycles. The van der Waals surface area contributed by atoms with Crippen LogP contribution in [0.2, 0.25) is 0 Å². The van der Waals surface area contributed by atoms with Gasteiger partial charge in [-0.2, -0.15) is 0 Å². The predicted octanol–water partition coefficient (Wildman–Crippen LogP) is 7.10. The first-order chi connectivity index (χ1) is 25.2. The van der Waals surface area contributed by atoms with Crippen molar-refractivity contribution in [3.05, 3.63) is 82.8 Å². The highest BCUT2D eigenvalue weighted by atomic mass is 16.5. The fourth-order valence-corrected chi connectivity index (χ4v) is 7.37. The second-order valence-corrected chi connectivity index (χ2v) is 14.3. The van der Waals surface area contributed by atoms with Crippen LogP contribution in [0.25, 0.3) is 10.9 Å². The van der Waals surface area contributed by atoms with Crippen LogP contribution in [0.15, 0.2) is 55.0 Å². The Morgan fingerprint density at radius 3 is 2.60 bits per heavy atom. The molecule has 2 aliphatic rings. The lowest BCUT2D eigenvalue weighted by Gasteiger charge is -2.26. The highest BCUT2D eigenvalue weighted by Gasteiger charge is 2.29. The van der Waals surface area contributed by atoms with Crippen molar-refractivity contribution in [2.24, 2.45) is 23.3 Å². The molecule has 0 radical (unpaired) electrons. The van der Waals surface area contributed by atoms with Crippen molar-refractivity contribution in [3.63, 3.8) is 0 Å². The first-order valence-electron chi connectivity index (χ1n) is 18.9. The van der Waals surface area contributed by atoms with Crippen LogP contribution < -0.4 is 20.9 Å². The summed E-state index contributed by atoms with van der Waals surface area (Å²) in [6, 6.07) is 11.3. The molecule has 0 saturated carbocycles. The molecule has 4 heterocycles. The van der Waals surface area contributed by atoms with Gasteiger partial charge in [0.15, 0.2) is 17.7 Å². The number of H-pyrrole nitrogens is 1. The van der Waals surface area contributed by atoms with Gasteiger partial charge in [-0.3, -0.25) is 4.79 Å². The topological polar surface area (TPSA) is 149 Å². The summed E-state index contributed by atoms with van der Waals surface area (Å²) in [6.07, 6.45) is 15.3. The maximum atomic E-state index is 13.6. The van der Waals surface area contributed by atoms with E-state index in [1.807, 2.05) is 53.4 Å². The van der Waals surface area contributed by atoms with E-state index in [1.165, 1.54) is 0 Å². The highest BCUT2D eigenvalue weighted by molar-refractivity contribution is 5.83. The smallest absolute Gasteiger partial charge is 0.190 e. The van der Waals surface area contributed by atoms with Crippen molar-refractivity contribution in [1.82, 2.24) is 9.55 Å². The lowest BCUT2D eigenvalue weighted by Crippen LogP contribution is -2.29. The van der Waals surface area contributed by atoms with Crippen LogP contribution in [0.5, 0.6) is 11.5 Å². The standard InChI is InChI=1S/C43H52N4O5/c1-3-5-7-11-34(37(48)12-8-6-4-2)39(50)18-13-28-14-20-40-41(22-28)52-43-29(10-9-21-51-40)16-19-38(49)33-17-15-30(42(44)45)23-31(33)24-32-25-46-36-27-47(43)26-35(32)36/h14-15,17,20,22-23,25-27,29,34,37-38,42-43,46,48-49H,3-8,10-13,18,24,44-45H2,1-2H3. The van der Waals surface area contributed by atoms with Gasteiger partial charge in [-0.25, -0.2) is 0 Å². The molecule has 2 aliphatic heterocycles. The van der Waals surface area contributed by atoms with Gasteiger partial charge in [-0.05, 0) is 59.2 Å². The monoisotopic (exact) mass is 704 g/mol. The summed E-state index contributed by atoms with van der Waals surface area (Å²) >= 11 is 0. The van der Waals surface area contributed by atoms with Gasteiger partial charge >= 0.3 is 0 Å². The Bertz CT molecular complexity index is 1970. The van der Waals surface area contributed by atoms with Gasteiger partial charge < -0.3 is 40.7 Å². The molecule has 2 aromatic carbocycles. The van der Waals surface area contributed by atoms with Crippen molar-refractivity contribution in [3.8, 4) is 35.4 Å². The molecular formula is C43H52N4O5. The third-order valence-electron chi connectivity index (χ3n) is 10.4. The molecular weight excluding hydrogens is 652 g/mol. The van der Waals surface area contributed by atoms with E-state index in [1.54, 1.807) is 0 Å². The number of aromatic nitrogens is 2. The van der Waals surface area contributed by atoms with Crippen LogP contribution in [-0.2, 0) is 17.6 Å². The molecule has 0 saturated heterocycles. The zero-order chi connectivity index (χ0) is 36.6. The summed E-state index contributed by atoms with van der Waals surface area (Å²) in [4.78, 5) is 17.0. The molecule has 9 nitrogen and oxygen atoms in total. The van der Waals surface area contributed by atoms with Gasteiger partial charge in [0, 0.05) is 49.2 Å². The van der Waals surface area contributed by atoms with E-state index in [2.05, 4.69) is 48.9 Å². The van der Waals surface area contributed by atoms with Gasteiger partial charge in [0.25, 0.3) is 0 Å². The summed E-state index contributed by atoms with van der Waals surface area (Å²) in [5.74, 6) is 9.83. The minimum atomic E-state index is -1.05. The zero-order valence-electron chi connectivity index (χ0n) is 30.4. The van der Waals surface area contributed by atoms with Crippen molar-refractivity contribution < 1.29 is 24.5 Å². The number of rotatable bonds is 14. The predicted molar refractivity (Wildman–Crippen MR) is 203 cm³/mol. The molecule has 0 spiro atoms. The largest absolute Gasteiger partial charge is 0.465 e. The van der Waals surface area contributed by atoms with E-state index in [4.69, 9.17) is 20.9 Å². The number of hydrogen-bond donors (Lipinski definition) is 5. The number of carbonyl (C=O) groups is 1. The number of unbranched alkanes of at least 4 members (excludes halogenated alkanes) is 4. The second-order valence-electron chi connectivity index (χ2n) is 14.3. The Morgan fingerprint density at radius 2 is 1.81 bits per heavy atom.